The van der Waals surface area contributed by atoms with Crippen LogP contribution in [-0.2, 0) is 9.53 Å². The number of hydrogen-bond acceptors (Lipinski definition) is 7. The van der Waals surface area contributed by atoms with Gasteiger partial charge in [0.05, 0.1) is 5.56 Å². The number of benzene rings is 2. The zero-order chi connectivity index (χ0) is 24.7. The van der Waals surface area contributed by atoms with Crippen LogP contribution < -0.4 is 16.4 Å². The summed E-state index contributed by atoms with van der Waals surface area (Å²) in [7, 11) is 4.70. The van der Waals surface area contributed by atoms with Crippen LogP contribution in [0.4, 0.5) is 25.8 Å². The summed E-state index contributed by atoms with van der Waals surface area (Å²) in [5.41, 5.74) is 5.71. The number of halogens is 2. The SMILES string of the molecule is CNc1cc(F)c(C(=O)Nc2ccc(N)c(C(=N)N3CC(C=O)C3)c2)c(F)c1C=N.COC. The quantitative estimate of drug-likeness (QED) is 0.194. The number of hydrogen-bond donors (Lipinski definition) is 5. The number of carbonyl (C=O) groups is 2. The zero-order valence-corrected chi connectivity index (χ0v) is 18.5. The molecule has 33 heavy (non-hydrogen) atoms. The molecular weight excluding hydrogens is 434 g/mol. The maximum absolute atomic E-state index is 14.7. The fraction of sp³-hybridized carbons (Fsp3) is 0.273. The van der Waals surface area contributed by atoms with Gasteiger partial charge >= 0.3 is 0 Å². The van der Waals surface area contributed by atoms with Crippen molar-refractivity contribution in [3.8, 4) is 0 Å². The molecule has 9 nitrogen and oxygen atoms in total. The lowest BCUT2D eigenvalue weighted by Gasteiger charge is -2.38. The molecule has 1 saturated heterocycles. The molecule has 11 heteroatoms. The highest BCUT2D eigenvalue weighted by molar-refractivity contribution is 6.08. The molecule has 2 aromatic carbocycles. The van der Waals surface area contributed by atoms with E-state index in [9.17, 15) is 18.4 Å². The molecule has 1 aliphatic heterocycles. The van der Waals surface area contributed by atoms with Gasteiger partial charge in [-0.25, -0.2) is 8.78 Å². The molecule has 0 saturated carbocycles. The third kappa shape index (κ3) is 5.50. The van der Waals surface area contributed by atoms with Gasteiger partial charge in [0.15, 0.2) is 0 Å². The summed E-state index contributed by atoms with van der Waals surface area (Å²) in [5.74, 6) is -3.32. The number of methoxy groups -OCH3 is 1. The molecular formula is C22H26F2N6O3. The van der Waals surface area contributed by atoms with E-state index in [2.05, 4.69) is 15.4 Å². The van der Waals surface area contributed by atoms with Gasteiger partial charge in [-0.2, -0.15) is 0 Å². The molecule has 0 atom stereocenters. The van der Waals surface area contributed by atoms with Gasteiger partial charge in [0, 0.05) is 69.1 Å². The Kier molecular flexibility index (Phi) is 8.57. The molecule has 1 heterocycles. The molecule has 0 bridgehead atoms. The van der Waals surface area contributed by atoms with Crippen molar-refractivity contribution in [2.75, 3.05) is 50.7 Å². The standard InChI is InChI=1S/C20H20F2N6O2.C2H6O/c1-26-16-5-14(21)17(18(22)13(16)6-23)20(30)27-11-2-3-15(24)12(4-11)19(25)28-7-10(8-28)9-29;1-3-2/h2-6,9-10,23,25-26H,7-8,24H2,1H3,(H,27,30);1-2H3. The Morgan fingerprint density at radius 2 is 1.91 bits per heavy atom. The van der Waals surface area contributed by atoms with Crippen LogP contribution in [0.1, 0.15) is 21.5 Å². The number of likely N-dealkylation sites (tertiary alicyclic amines) is 1. The van der Waals surface area contributed by atoms with E-state index in [0.29, 0.717) is 24.9 Å². The van der Waals surface area contributed by atoms with Crippen LogP contribution in [0.5, 0.6) is 0 Å². The van der Waals surface area contributed by atoms with Crippen molar-refractivity contribution in [2.45, 2.75) is 0 Å². The molecule has 0 spiro atoms. The summed E-state index contributed by atoms with van der Waals surface area (Å²) < 4.78 is 33.3. The van der Waals surface area contributed by atoms with Crippen molar-refractivity contribution < 1.29 is 23.1 Å². The van der Waals surface area contributed by atoms with Crippen LogP contribution in [0.3, 0.4) is 0 Å². The van der Waals surface area contributed by atoms with Crippen LogP contribution >= 0.6 is 0 Å². The fourth-order valence-corrected chi connectivity index (χ4v) is 3.17. The van der Waals surface area contributed by atoms with Crippen molar-refractivity contribution in [3.63, 3.8) is 0 Å². The van der Waals surface area contributed by atoms with Gasteiger partial charge in [-0.3, -0.25) is 10.2 Å². The number of nitrogens with one attached hydrogen (secondary N) is 4. The number of nitrogen functional groups attached to an aromatic ring is 1. The number of amides is 1. The number of ether oxygens (including phenoxy) is 1. The first kappa shape index (κ1) is 25.4. The summed E-state index contributed by atoms with van der Waals surface area (Å²) in [5, 5.41) is 20.6. The minimum Gasteiger partial charge on any atom is -0.398 e. The van der Waals surface area contributed by atoms with Gasteiger partial charge in [0.25, 0.3) is 5.91 Å². The highest BCUT2D eigenvalue weighted by Gasteiger charge is 2.29. The molecule has 1 amide bonds. The molecule has 1 fully saturated rings. The third-order valence-electron chi connectivity index (χ3n) is 4.88. The number of amidine groups is 1. The lowest BCUT2D eigenvalue weighted by atomic mass is 9.99. The van der Waals surface area contributed by atoms with Crippen LogP contribution in [0.15, 0.2) is 24.3 Å². The van der Waals surface area contributed by atoms with E-state index < -0.39 is 23.1 Å². The third-order valence-corrected chi connectivity index (χ3v) is 4.88. The second-order valence-corrected chi connectivity index (χ2v) is 7.22. The van der Waals surface area contributed by atoms with E-state index >= 15 is 0 Å². The molecule has 0 radical (unpaired) electrons. The number of nitrogens with zero attached hydrogens (tertiary/aromatic N) is 1. The first-order chi connectivity index (χ1) is 15.7. The topological polar surface area (TPSA) is 144 Å². The van der Waals surface area contributed by atoms with Crippen molar-refractivity contribution in [1.29, 1.82) is 10.8 Å². The largest absolute Gasteiger partial charge is 0.398 e. The molecule has 6 N–H and O–H groups in total. The van der Waals surface area contributed by atoms with E-state index in [0.717, 1.165) is 12.4 Å². The molecule has 1 aliphatic rings. The van der Waals surface area contributed by atoms with E-state index in [1.807, 2.05) is 0 Å². The van der Waals surface area contributed by atoms with Crippen LogP contribution in [0.25, 0.3) is 0 Å². The summed E-state index contributed by atoms with van der Waals surface area (Å²) in [6.45, 7) is 0.804. The first-order valence-electron chi connectivity index (χ1n) is 9.82. The van der Waals surface area contributed by atoms with Crippen molar-refractivity contribution in [2.24, 2.45) is 5.92 Å². The maximum atomic E-state index is 14.7. The summed E-state index contributed by atoms with van der Waals surface area (Å²) >= 11 is 0. The van der Waals surface area contributed by atoms with Gasteiger partial charge in [-0.15, -0.1) is 0 Å². The van der Waals surface area contributed by atoms with Crippen LogP contribution in [-0.4, -0.2) is 63.5 Å². The first-order valence-corrected chi connectivity index (χ1v) is 9.82. The molecule has 0 unspecified atom stereocenters. The van der Waals surface area contributed by atoms with Crippen LogP contribution in [0.2, 0.25) is 0 Å². The van der Waals surface area contributed by atoms with Crippen LogP contribution in [0, 0.1) is 28.4 Å². The smallest absolute Gasteiger partial charge is 0.261 e. The predicted molar refractivity (Wildman–Crippen MR) is 123 cm³/mol. The van der Waals surface area contributed by atoms with Gasteiger partial charge in [0.2, 0.25) is 0 Å². The monoisotopic (exact) mass is 460 g/mol. The Morgan fingerprint density at radius 1 is 1.27 bits per heavy atom. The summed E-state index contributed by atoms with van der Waals surface area (Å²) in [6.07, 6.45) is 1.52. The van der Waals surface area contributed by atoms with Crippen molar-refractivity contribution >= 4 is 41.3 Å². The molecule has 0 aromatic heterocycles. The van der Waals surface area contributed by atoms with E-state index in [4.69, 9.17) is 16.6 Å². The summed E-state index contributed by atoms with van der Waals surface area (Å²) in [4.78, 5) is 25.0. The minimum atomic E-state index is -1.16. The Labute approximate surface area is 189 Å². The Bertz CT molecular complexity index is 1070. The molecule has 0 aliphatic carbocycles. The fourth-order valence-electron chi connectivity index (χ4n) is 3.17. The second kappa shape index (κ2) is 11.1. The minimum absolute atomic E-state index is 0.0444. The lowest BCUT2D eigenvalue weighted by molar-refractivity contribution is -0.114. The molecule has 3 rings (SSSR count). The van der Waals surface area contributed by atoms with E-state index in [1.165, 1.54) is 25.2 Å². The van der Waals surface area contributed by atoms with Gasteiger partial charge in [-0.05, 0) is 24.3 Å². The van der Waals surface area contributed by atoms with E-state index in [-0.39, 0.29) is 34.4 Å². The van der Waals surface area contributed by atoms with Crippen molar-refractivity contribution in [1.82, 2.24) is 4.90 Å². The predicted octanol–water partition coefficient (Wildman–Crippen LogP) is 2.56. The van der Waals surface area contributed by atoms with Gasteiger partial charge in [0.1, 0.15) is 29.3 Å². The second-order valence-electron chi connectivity index (χ2n) is 7.22. The molecule has 176 valence electrons. The number of nitrogens with two attached hydrogens (primary N) is 1. The highest BCUT2D eigenvalue weighted by Crippen LogP contribution is 2.27. The Morgan fingerprint density at radius 3 is 2.45 bits per heavy atom. The Balaban J connectivity index is 0.00000122. The zero-order valence-electron chi connectivity index (χ0n) is 18.5. The normalized spacial score (nSPS) is 12.7. The number of aldehydes is 1. The molecule has 2 aromatic rings. The average Bonchev–Trinajstić information content (AvgIpc) is 2.74. The number of rotatable bonds is 6. The number of anilines is 3. The van der Waals surface area contributed by atoms with Gasteiger partial charge < -0.3 is 36.2 Å². The van der Waals surface area contributed by atoms with Gasteiger partial charge in [-0.1, -0.05) is 0 Å². The average molecular weight is 460 g/mol. The van der Waals surface area contributed by atoms with E-state index in [1.54, 1.807) is 19.1 Å². The lowest BCUT2D eigenvalue weighted by Crippen LogP contribution is -2.50. The highest BCUT2D eigenvalue weighted by atomic mass is 19.1. The maximum Gasteiger partial charge on any atom is 0.261 e. The van der Waals surface area contributed by atoms with Crippen molar-refractivity contribution in [3.05, 3.63) is 52.6 Å². The number of carbonyl (C=O) groups excluding carboxylic acids is 2. The Hall–Kier alpha value is -3.86. The summed E-state index contributed by atoms with van der Waals surface area (Å²) in [6, 6.07) is 5.29.